The smallest absolute Gasteiger partial charge is 0.152 e. The lowest BCUT2D eigenvalue weighted by molar-refractivity contribution is 0.181. The van der Waals surface area contributed by atoms with Gasteiger partial charge in [-0.05, 0) is 12.8 Å². The SMILES string of the molecule is O=S1(=O)CCCC(O)C1. The quantitative estimate of drug-likeness (QED) is 0.509. The maximum Gasteiger partial charge on any atom is 0.152 e. The lowest BCUT2D eigenvalue weighted by Crippen LogP contribution is -2.28. The molecule has 1 unspecified atom stereocenters. The fraction of sp³-hybridized carbons (Fsp3) is 1.00. The molecule has 9 heavy (non-hydrogen) atoms. The molecule has 4 heteroatoms. The molecule has 1 heterocycles. The first-order valence-electron chi connectivity index (χ1n) is 2.99. The van der Waals surface area contributed by atoms with E-state index in [2.05, 4.69) is 0 Å². The monoisotopic (exact) mass is 150 g/mol. The summed E-state index contributed by atoms with van der Waals surface area (Å²) in [5.41, 5.74) is 0. The molecular formula is C5H10O3S. The molecule has 0 amide bonds. The van der Waals surface area contributed by atoms with Crippen molar-refractivity contribution in [3.63, 3.8) is 0 Å². The van der Waals surface area contributed by atoms with E-state index in [1.165, 1.54) is 0 Å². The normalized spacial score (nSPS) is 34.1. The van der Waals surface area contributed by atoms with Crippen LogP contribution in [0.25, 0.3) is 0 Å². The lowest BCUT2D eigenvalue weighted by Gasteiger charge is -2.15. The summed E-state index contributed by atoms with van der Waals surface area (Å²) in [5.74, 6) is 0.219. The highest BCUT2D eigenvalue weighted by Gasteiger charge is 2.22. The minimum atomic E-state index is -2.88. The van der Waals surface area contributed by atoms with Crippen LogP contribution in [-0.2, 0) is 9.84 Å². The number of rotatable bonds is 0. The van der Waals surface area contributed by atoms with Crippen LogP contribution in [-0.4, -0.2) is 31.1 Å². The Morgan fingerprint density at radius 1 is 1.44 bits per heavy atom. The van der Waals surface area contributed by atoms with Gasteiger partial charge in [0.2, 0.25) is 0 Å². The highest BCUT2D eigenvalue weighted by Crippen LogP contribution is 2.10. The van der Waals surface area contributed by atoms with E-state index in [0.29, 0.717) is 12.8 Å². The van der Waals surface area contributed by atoms with Crippen LogP contribution in [0.1, 0.15) is 12.8 Å². The van der Waals surface area contributed by atoms with Gasteiger partial charge in [-0.2, -0.15) is 0 Å². The molecule has 0 radical (unpaired) electrons. The maximum atomic E-state index is 10.7. The summed E-state index contributed by atoms with van der Waals surface area (Å²) in [6.45, 7) is 0. The molecule has 0 aromatic heterocycles. The van der Waals surface area contributed by atoms with Gasteiger partial charge in [-0.15, -0.1) is 0 Å². The fourth-order valence-electron chi connectivity index (χ4n) is 0.999. The average molecular weight is 150 g/mol. The molecule has 3 nitrogen and oxygen atoms in total. The van der Waals surface area contributed by atoms with Gasteiger partial charge in [0.1, 0.15) is 0 Å². The molecule has 1 fully saturated rings. The van der Waals surface area contributed by atoms with Crippen LogP contribution >= 0.6 is 0 Å². The van der Waals surface area contributed by atoms with Crippen molar-refractivity contribution >= 4 is 9.84 Å². The molecule has 1 aliphatic rings. The zero-order valence-electron chi connectivity index (χ0n) is 5.08. The van der Waals surface area contributed by atoms with E-state index in [1.54, 1.807) is 0 Å². The van der Waals surface area contributed by atoms with Gasteiger partial charge in [-0.3, -0.25) is 0 Å². The molecule has 1 aliphatic heterocycles. The Morgan fingerprint density at radius 2 is 2.11 bits per heavy atom. The number of aliphatic hydroxyl groups excluding tert-OH is 1. The molecule has 1 atom stereocenters. The Labute approximate surface area is 54.6 Å². The van der Waals surface area contributed by atoms with Crippen molar-refractivity contribution in [1.29, 1.82) is 0 Å². The Bertz CT molecular complexity index is 182. The fourth-order valence-corrected chi connectivity index (χ4v) is 2.52. The molecule has 1 rings (SSSR count). The van der Waals surface area contributed by atoms with E-state index in [-0.39, 0.29) is 11.5 Å². The first-order chi connectivity index (χ1) is 4.10. The van der Waals surface area contributed by atoms with E-state index in [1.807, 2.05) is 0 Å². The topological polar surface area (TPSA) is 54.4 Å². The van der Waals surface area contributed by atoms with Gasteiger partial charge in [0.05, 0.1) is 17.6 Å². The maximum absolute atomic E-state index is 10.7. The summed E-state index contributed by atoms with van der Waals surface area (Å²) in [7, 11) is -2.88. The van der Waals surface area contributed by atoms with E-state index < -0.39 is 15.9 Å². The van der Waals surface area contributed by atoms with Crippen molar-refractivity contribution in [3.8, 4) is 0 Å². The van der Waals surface area contributed by atoms with Gasteiger partial charge < -0.3 is 5.11 Å². The van der Waals surface area contributed by atoms with Crippen LogP contribution in [0.2, 0.25) is 0 Å². The van der Waals surface area contributed by atoms with Gasteiger partial charge >= 0.3 is 0 Å². The lowest BCUT2D eigenvalue weighted by atomic mass is 10.2. The summed E-state index contributed by atoms with van der Waals surface area (Å²) in [4.78, 5) is 0. The Morgan fingerprint density at radius 3 is 2.44 bits per heavy atom. The molecule has 1 N–H and O–H groups in total. The Balaban J connectivity index is 2.62. The standard InChI is InChI=1S/C5H10O3S/c6-5-2-1-3-9(7,8)4-5/h5-6H,1-4H2. The second-order valence-electron chi connectivity index (χ2n) is 2.41. The Kier molecular flexibility index (Phi) is 1.77. The van der Waals surface area contributed by atoms with Gasteiger partial charge in [0, 0.05) is 0 Å². The number of sulfone groups is 1. The van der Waals surface area contributed by atoms with Gasteiger partial charge in [-0.1, -0.05) is 0 Å². The minimum Gasteiger partial charge on any atom is -0.392 e. The van der Waals surface area contributed by atoms with E-state index in [0.717, 1.165) is 0 Å². The van der Waals surface area contributed by atoms with Gasteiger partial charge in [0.15, 0.2) is 9.84 Å². The summed E-state index contributed by atoms with van der Waals surface area (Å²) < 4.78 is 21.4. The van der Waals surface area contributed by atoms with Gasteiger partial charge in [0.25, 0.3) is 0 Å². The molecule has 0 spiro atoms. The molecule has 1 saturated heterocycles. The van der Waals surface area contributed by atoms with E-state index in [4.69, 9.17) is 5.11 Å². The first kappa shape index (κ1) is 7.02. The number of hydrogen-bond acceptors (Lipinski definition) is 3. The molecule has 0 saturated carbocycles. The summed E-state index contributed by atoms with van der Waals surface area (Å²) in [6, 6.07) is 0. The van der Waals surface area contributed by atoms with Crippen LogP contribution in [0.3, 0.4) is 0 Å². The number of hydrogen-bond donors (Lipinski definition) is 1. The van der Waals surface area contributed by atoms with Crippen LogP contribution in [0.15, 0.2) is 0 Å². The van der Waals surface area contributed by atoms with Crippen LogP contribution in [0.4, 0.5) is 0 Å². The molecule has 0 aromatic carbocycles. The highest BCUT2D eigenvalue weighted by molar-refractivity contribution is 7.91. The molecular weight excluding hydrogens is 140 g/mol. The zero-order valence-corrected chi connectivity index (χ0v) is 5.89. The third kappa shape index (κ3) is 1.95. The van der Waals surface area contributed by atoms with Crippen molar-refractivity contribution in [2.24, 2.45) is 0 Å². The average Bonchev–Trinajstić information content (AvgIpc) is 1.60. The van der Waals surface area contributed by atoms with Crippen LogP contribution in [0, 0.1) is 0 Å². The first-order valence-corrected chi connectivity index (χ1v) is 4.81. The van der Waals surface area contributed by atoms with Crippen molar-refractivity contribution < 1.29 is 13.5 Å². The summed E-state index contributed by atoms with van der Waals surface area (Å²) in [5, 5.41) is 8.87. The predicted molar refractivity (Wildman–Crippen MR) is 33.9 cm³/mol. The predicted octanol–water partition coefficient (Wildman–Crippen LogP) is -0.444. The second-order valence-corrected chi connectivity index (χ2v) is 4.64. The number of aliphatic hydroxyl groups is 1. The zero-order chi connectivity index (χ0) is 6.91. The molecule has 54 valence electrons. The largest absolute Gasteiger partial charge is 0.392 e. The van der Waals surface area contributed by atoms with Crippen LogP contribution < -0.4 is 0 Å². The molecule has 0 aromatic rings. The van der Waals surface area contributed by atoms with Crippen LogP contribution in [0.5, 0.6) is 0 Å². The third-order valence-corrected chi connectivity index (χ3v) is 3.24. The summed E-state index contributed by atoms with van der Waals surface area (Å²) in [6.07, 6.45) is 0.645. The van der Waals surface area contributed by atoms with Crippen molar-refractivity contribution in [3.05, 3.63) is 0 Å². The summed E-state index contributed by atoms with van der Waals surface area (Å²) >= 11 is 0. The van der Waals surface area contributed by atoms with E-state index in [9.17, 15) is 8.42 Å². The Hall–Kier alpha value is -0.0900. The molecule has 0 aliphatic carbocycles. The third-order valence-electron chi connectivity index (χ3n) is 1.44. The second kappa shape index (κ2) is 2.27. The van der Waals surface area contributed by atoms with Gasteiger partial charge in [-0.25, -0.2) is 8.42 Å². The van der Waals surface area contributed by atoms with Crippen molar-refractivity contribution in [1.82, 2.24) is 0 Å². The van der Waals surface area contributed by atoms with Crippen molar-refractivity contribution in [2.75, 3.05) is 11.5 Å². The minimum absolute atomic E-state index is 0.0347. The molecule has 0 bridgehead atoms. The van der Waals surface area contributed by atoms with Crippen molar-refractivity contribution in [2.45, 2.75) is 18.9 Å². The van der Waals surface area contributed by atoms with E-state index >= 15 is 0 Å². The highest BCUT2D eigenvalue weighted by atomic mass is 32.2.